The number of hydrogen-bond donors (Lipinski definition) is 2. The first kappa shape index (κ1) is 15.9. The Hall–Kier alpha value is -0.460. The molecule has 3 N–H and O–H groups in total. The molecule has 2 rings (SSSR count). The standard InChI is InChI=1S/C15H23BrN2O2/c16-13-3-1-12(2-4-13)15(11-17)18-7-5-14(6-8-18)20-10-9-19/h1-4,14-15,19H,5-11,17H2. The molecule has 0 bridgehead atoms. The topological polar surface area (TPSA) is 58.7 Å². The first-order valence-electron chi connectivity index (χ1n) is 7.16. The van der Waals surface area contributed by atoms with Gasteiger partial charge in [-0.25, -0.2) is 0 Å². The summed E-state index contributed by atoms with van der Waals surface area (Å²) in [5, 5.41) is 8.79. The van der Waals surface area contributed by atoms with Gasteiger partial charge in [-0.2, -0.15) is 0 Å². The number of ether oxygens (including phenoxy) is 1. The molecule has 4 nitrogen and oxygen atoms in total. The highest BCUT2D eigenvalue weighted by atomic mass is 79.9. The Morgan fingerprint density at radius 3 is 2.50 bits per heavy atom. The predicted octanol–water partition coefficient (Wildman–Crippen LogP) is 1.92. The molecule has 1 fully saturated rings. The van der Waals surface area contributed by atoms with Gasteiger partial charge in [0.15, 0.2) is 0 Å². The van der Waals surface area contributed by atoms with Gasteiger partial charge in [-0.15, -0.1) is 0 Å². The third-order valence-corrected chi connectivity index (χ3v) is 4.37. The lowest BCUT2D eigenvalue weighted by Crippen LogP contribution is -2.42. The first-order valence-corrected chi connectivity index (χ1v) is 7.96. The fourth-order valence-electron chi connectivity index (χ4n) is 2.75. The number of hydrogen-bond acceptors (Lipinski definition) is 4. The van der Waals surface area contributed by atoms with Gasteiger partial charge in [-0.3, -0.25) is 4.90 Å². The number of benzene rings is 1. The van der Waals surface area contributed by atoms with Crippen molar-refractivity contribution in [2.75, 3.05) is 32.8 Å². The normalized spacial score (nSPS) is 19.1. The maximum atomic E-state index is 8.79. The van der Waals surface area contributed by atoms with E-state index in [-0.39, 0.29) is 18.8 Å². The van der Waals surface area contributed by atoms with Crippen molar-refractivity contribution in [3.63, 3.8) is 0 Å². The molecule has 1 aromatic carbocycles. The number of aliphatic hydroxyl groups is 1. The minimum Gasteiger partial charge on any atom is -0.394 e. The van der Waals surface area contributed by atoms with Crippen LogP contribution in [0.5, 0.6) is 0 Å². The van der Waals surface area contributed by atoms with Crippen LogP contribution in [-0.4, -0.2) is 49.0 Å². The van der Waals surface area contributed by atoms with Crippen LogP contribution in [-0.2, 0) is 4.74 Å². The molecule has 112 valence electrons. The molecular weight excluding hydrogens is 320 g/mol. The highest BCUT2D eigenvalue weighted by Gasteiger charge is 2.25. The van der Waals surface area contributed by atoms with Gasteiger partial charge in [0, 0.05) is 30.1 Å². The van der Waals surface area contributed by atoms with E-state index in [1.807, 2.05) is 0 Å². The summed E-state index contributed by atoms with van der Waals surface area (Å²) < 4.78 is 6.69. The number of piperidine rings is 1. The van der Waals surface area contributed by atoms with E-state index in [0.717, 1.165) is 30.4 Å². The zero-order valence-electron chi connectivity index (χ0n) is 11.7. The molecule has 20 heavy (non-hydrogen) atoms. The van der Waals surface area contributed by atoms with Crippen molar-refractivity contribution in [1.82, 2.24) is 4.90 Å². The second kappa shape index (κ2) is 8.10. The SMILES string of the molecule is NCC(c1ccc(Br)cc1)N1CCC(OCCO)CC1. The molecule has 0 spiro atoms. The maximum Gasteiger partial charge on any atom is 0.0701 e. The van der Waals surface area contributed by atoms with Crippen LogP contribution in [0.2, 0.25) is 0 Å². The molecule has 0 saturated carbocycles. The van der Waals surface area contributed by atoms with E-state index in [2.05, 4.69) is 45.1 Å². The molecular formula is C15H23BrN2O2. The maximum absolute atomic E-state index is 8.79. The van der Waals surface area contributed by atoms with E-state index in [1.54, 1.807) is 0 Å². The van der Waals surface area contributed by atoms with Crippen molar-refractivity contribution in [2.24, 2.45) is 5.73 Å². The minimum absolute atomic E-state index is 0.102. The third kappa shape index (κ3) is 4.27. The van der Waals surface area contributed by atoms with Gasteiger partial charge in [0.2, 0.25) is 0 Å². The van der Waals surface area contributed by atoms with Crippen LogP contribution in [0.25, 0.3) is 0 Å². The van der Waals surface area contributed by atoms with Crippen molar-refractivity contribution in [1.29, 1.82) is 0 Å². The zero-order chi connectivity index (χ0) is 14.4. The summed E-state index contributed by atoms with van der Waals surface area (Å²) >= 11 is 3.46. The van der Waals surface area contributed by atoms with Crippen LogP contribution in [0.15, 0.2) is 28.7 Å². The summed E-state index contributed by atoms with van der Waals surface area (Å²) in [7, 11) is 0. The average Bonchev–Trinajstić information content (AvgIpc) is 2.49. The second-order valence-corrected chi connectivity index (χ2v) is 6.05. The number of halogens is 1. The fourth-order valence-corrected chi connectivity index (χ4v) is 3.02. The number of nitrogens with two attached hydrogens (primary N) is 1. The van der Waals surface area contributed by atoms with E-state index in [4.69, 9.17) is 15.6 Å². The molecule has 0 aromatic heterocycles. The Morgan fingerprint density at radius 2 is 1.95 bits per heavy atom. The summed E-state index contributed by atoms with van der Waals surface area (Å²) in [4.78, 5) is 2.43. The smallest absolute Gasteiger partial charge is 0.0701 e. The summed E-state index contributed by atoms with van der Waals surface area (Å²) in [6.07, 6.45) is 2.29. The lowest BCUT2D eigenvalue weighted by atomic mass is 10.0. The summed E-state index contributed by atoms with van der Waals surface area (Å²) in [5.74, 6) is 0. The van der Waals surface area contributed by atoms with Gasteiger partial charge in [0.1, 0.15) is 0 Å². The number of aliphatic hydroxyl groups excluding tert-OH is 1. The molecule has 1 unspecified atom stereocenters. The average molecular weight is 343 g/mol. The van der Waals surface area contributed by atoms with Gasteiger partial charge in [-0.05, 0) is 30.5 Å². The molecule has 5 heteroatoms. The molecule has 1 aromatic rings. The first-order chi connectivity index (χ1) is 9.74. The van der Waals surface area contributed by atoms with Gasteiger partial charge >= 0.3 is 0 Å². The highest BCUT2D eigenvalue weighted by Crippen LogP contribution is 2.26. The van der Waals surface area contributed by atoms with E-state index in [1.165, 1.54) is 5.56 Å². The lowest BCUT2D eigenvalue weighted by molar-refractivity contribution is -0.0148. The molecule has 1 atom stereocenters. The molecule has 1 saturated heterocycles. The number of rotatable bonds is 6. The summed E-state index contributed by atoms with van der Waals surface area (Å²) in [5.41, 5.74) is 7.24. The Kier molecular flexibility index (Phi) is 6.45. The third-order valence-electron chi connectivity index (χ3n) is 3.84. The van der Waals surface area contributed by atoms with E-state index in [9.17, 15) is 0 Å². The predicted molar refractivity (Wildman–Crippen MR) is 83.6 cm³/mol. The van der Waals surface area contributed by atoms with Gasteiger partial charge in [0.05, 0.1) is 19.3 Å². The van der Waals surface area contributed by atoms with Crippen molar-refractivity contribution in [2.45, 2.75) is 25.0 Å². The molecule has 0 aliphatic carbocycles. The quantitative estimate of drug-likeness (QED) is 0.829. The van der Waals surface area contributed by atoms with Crippen LogP contribution in [0.4, 0.5) is 0 Å². The second-order valence-electron chi connectivity index (χ2n) is 5.13. The Balaban J connectivity index is 1.91. The lowest BCUT2D eigenvalue weighted by Gasteiger charge is -2.37. The number of likely N-dealkylation sites (tertiary alicyclic amines) is 1. The van der Waals surface area contributed by atoms with Gasteiger partial charge in [0.25, 0.3) is 0 Å². The highest BCUT2D eigenvalue weighted by molar-refractivity contribution is 9.10. The minimum atomic E-state index is 0.102. The van der Waals surface area contributed by atoms with Crippen molar-refractivity contribution in [3.8, 4) is 0 Å². The summed E-state index contributed by atoms with van der Waals surface area (Å²) in [6, 6.07) is 8.68. The largest absolute Gasteiger partial charge is 0.394 e. The zero-order valence-corrected chi connectivity index (χ0v) is 13.3. The van der Waals surface area contributed by atoms with Crippen molar-refractivity contribution in [3.05, 3.63) is 34.3 Å². The Bertz CT molecular complexity index is 391. The van der Waals surface area contributed by atoms with Crippen LogP contribution < -0.4 is 5.73 Å². The summed E-state index contributed by atoms with van der Waals surface area (Å²) in [6.45, 7) is 3.16. The van der Waals surface area contributed by atoms with Gasteiger partial charge in [-0.1, -0.05) is 28.1 Å². The Morgan fingerprint density at radius 1 is 1.30 bits per heavy atom. The molecule has 1 aliphatic heterocycles. The Labute approximate surface area is 129 Å². The van der Waals surface area contributed by atoms with Crippen molar-refractivity contribution >= 4 is 15.9 Å². The van der Waals surface area contributed by atoms with Crippen LogP contribution >= 0.6 is 15.9 Å². The molecule has 0 radical (unpaired) electrons. The van der Waals surface area contributed by atoms with E-state index in [0.29, 0.717) is 13.2 Å². The van der Waals surface area contributed by atoms with Crippen LogP contribution in [0.3, 0.4) is 0 Å². The van der Waals surface area contributed by atoms with Crippen LogP contribution in [0.1, 0.15) is 24.4 Å². The molecule has 0 amide bonds. The van der Waals surface area contributed by atoms with Crippen LogP contribution in [0, 0.1) is 0 Å². The molecule has 1 aliphatic rings. The molecule has 1 heterocycles. The fraction of sp³-hybridized carbons (Fsp3) is 0.600. The monoisotopic (exact) mass is 342 g/mol. The van der Waals surface area contributed by atoms with Crippen molar-refractivity contribution < 1.29 is 9.84 Å². The number of nitrogens with zero attached hydrogens (tertiary/aromatic N) is 1. The van der Waals surface area contributed by atoms with E-state index >= 15 is 0 Å². The van der Waals surface area contributed by atoms with Gasteiger partial charge < -0.3 is 15.6 Å². The van der Waals surface area contributed by atoms with E-state index < -0.39 is 0 Å².